The summed E-state index contributed by atoms with van der Waals surface area (Å²) in [6.45, 7) is 6.72. The predicted molar refractivity (Wildman–Crippen MR) is 70.1 cm³/mol. The van der Waals surface area contributed by atoms with Crippen molar-refractivity contribution in [3.8, 4) is 0 Å². The highest BCUT2D eigenvalue weighted by Gasteiger charge is 2.29. The van der Waals surface area contributed by atoms with Crippen LogP contribution in [0.25, 0.3) is 0 Å². The lowest BCUT2D eigenvalue weighted by atomic mass is 9.76. The molecule has 0 aliphatic heterocycles. The predicted octanol–water partition coefficient (Wildman–Crippen LogP) is 2.99. The summed E-state index contributed by atoms with van der Waals surface area (Å²) in [5, 5.41) is 0. The zero-order chi connectivity index (χ0) is 12.0. The molecule has 0 bridgehead atoms. The maximum atomic E-state index is 5.69. The third-order valence-electron chi connectivity index (χ3n) is 3.44. The quantitative estimate of drug-likeness (QED) is 0.571. The van der Waals surface area contributed by atoms with E-state index in [4.69, 9.17) is 5.84 Å². The van der Waals surface area contributed by atoms with Gasteiger partial charge in [0, 0.05) is 11.5 Å². The fourth-order valence-electron chi connectivity index (χ4n) is 2.13. The Bertz CT molecular complexity index is 293. The highest BCUT2D eigenvalue weighted by Crippen LogP contribution is 2.29. The summed E-state index contributed by atoms with van der Waals surface area (Å²) in [4.78, 5) is 0. The van der Waals surface area contributed by atoms with Crippen LogP contribution in [0.5, 0.6) is 0 Å². The number of hydrazine groups is 1. The molecule has 16 heavy (non-hydrogen) atoms. The largest absolute Gasteiger partial charge is 0.271 e. The van der Waals surface area contributed by atoms with Crippen molar-refractivity contribution in [2.75, 3.05) is 0 Å². The highest BCUT2D eigenvalue weighted by atomic mass is 15.2. The normalized spacial score (nSPS) is 13.8. The van der Waals surface area contributed by atoms with E-state index in [1.807, 2.05) is 0 Å². The maximum absolute atomic E-state index is 5.69. The Morgan fingerprint density at radius 3 is 2.38 bits per heavy atom. The first-order valence-corrected chi connectivity index (χ1v) is 6.14. The Kier molecular flexibility index (Phi) is 4.97. The minimum absolute atomic E-state index is 0.0746. The van der Waals surface area contributed by atoms with Crippen LogP contribution in [0.3, 0.4) is 0 Å². The molecule has 2 heteroatoms. The number of benzene rings is 1. The molecule has 90 valence electrons. The molecule has 1 aromatic rings. The Morgan fingerprint density at radius 1 is 1.25 bits per heavy atom. The number of nitrogens with one attached hydrogen (secondary N) is 1. The summed E-state index contributed by atoms with van der Waals surface area (Å²) in [7, 11) is 0. The number of hydrogen-bond donors (Lipinski definition) is 2. The number of rotatable bonds is 6. The van der Waals surface area contributed by atoms with Crippen LogP contribution >= 0.6 is 0 Å². The van der Waals surface area contributed by atoms with Gasteiger partial charge in [-0.15, -0.1) is 0 Å². The Hall–Kier alpha value is -0.860. The lowest BCUT2D eigenvalue weighted by Gasteiger charge is -2.34. The summed E-state index contributed by atoms with van der Waals surface area (Å²) in [6, 6.07) is 10.9. The van der Waals surface area contributed by atoms with Crippen molar-refractivity contribution in [2.24, 2.45) is 5.84 Å². The van der Waals surface area contributed by atoms with Crippen LogP contribution < -0.4 is 11.3 Å². The first kappa shape index (κ1) is 13.2. The SMILES string of the molecule is CCCCC(NN)C(C)(C)c1ccccc1. The topological polar surface area (TPSA) is 38.0 Å². The van der Waals surface area contributed by atoms with Crippen molar-refractivity contribution in [1.82, 2.24) is 5.43 Å². The second-order valence-electron chi connectivity index (χ2n) is 4.95. The van der Waals surface area contributed by atoms with Gasteiger partial charge in [-0.3, -0.25) is 11.3 Å². The second-order valence-corrected chi connectivity index (χ2v) is 4.95. The van der Waals surface area contributed by atoms with E-state index in [0.717, 1.165) is 6.42 Å². The van der Waals surface area contributed by atoms with Crippen LogP contribution in [0.1, 0.15) is 45.6 Å². The molecule has 1 unspecified atom stereocenters. The number of hydrogen-bond acceptors (Lipinski definition) is 2. The van der Waals surface area contributed by atoms with Crippen molar-refractivity contribution in [3.63, 3.8) is 0 Å². The summed E-state index contributed by atoms with van der Waals surface area (Å²) >= 11 is 0. The zero-order valence-corrected chi connectivity index (χ0v) is 10.7. The van der Waals surface area contributed by atoms with Crippen LogP contribution in [-0.2, 0) is 5.41 Å². The molecule has 2 nitrogen and oxygen atoms in total. The van der Waals surface area contributed by atoms with Gasteiger partial charge in [0.2, 0.25) is 0 Å². The zero-order valence-electron chi connectivity index (χ0n) is 10.7. The third kappa shape index (κ3) is 3.06. The van der Waals surface area contributed by atoms with Gasteiger partial charge in [0.1, 0.15) is 0 Å². The molecule has 0 aromatic heterocycles. The minimum Gasteiger partial charge on any atom is -0.271 e. The minimum atomic E-state index is 0.0746. The van der Waals surface area contributed by atoms with Crippen LogP contribution in [0.15, 0.2) is 30.3 Å². The second kappa shape index (κ2) is 6.02. The molecule has 0 saturated carbocycles. The molecule has 0 radical (unpaired) electrons. The van der Waals surface area contributed by atoms with Gasteiger partial charge in [-0.2, -0.15) is 0 Å². The van der Waals surface area contributed by atoms with Crippen molar-refractivity contribution in [1.29, 1.82) is 0 Å². The fourth-order valence-corrected chi connectivity index (χ4v) is 2.13. The summed E-state index contributed by atoms with van der Waals surface area (Å²) < 4.78 is 0. The van der Waals surface area contributed by atoms with E-state index in [9.17, 15) is 0 Å². The Morgan fingerprint density at radius 2 is 1.88 bits per heavy atom. The van der Waals surface area contributed by atoms with Crippen LogP contribution in [0, 0.1) is 0 Å². The van der Waals surface area contributed by atoms with Crippen LogP contribution in [0.2, 0.25) is 0 Å². The summed E-state index contributed by atoms with van der Waals surface area (Å²) in [6.07, 6.45) is 3.54. The number of unbranched alkanes of at least 4 members (excludes halogenated alkanes) is 1. The Labute approximate surface area is 99.2 Å². The van der Waals surface area contributed by atoms with Gasteiger partial charge >= 0.3 is 0 Å². The van der Waals surface area contributed by atoms with E-state index in [0.29, 0.717) is 6.04 Å². The molecule has 0 fully saturated rings. The monoisotopic (exact) mass is 220 g/mol. The standard InChI is InChI=1S/C14H24N2/c1-4-5-11-13(16-15)14(2,3)12-9-7-6-8-10-12/h6-10,13,16H,4-5,11,15H2,1-3H3. The molecule has 1 aromatic carbocycles. The van der Waals surface area contributed by atoms with Gasteiger partial charge in [0.25, 0.3) is 0 Å². The third-order valence-corrected chi connectivity index (χ3v) is 3.44. The van der Waals surface area contributed by atoms with Gasteiger partial charge in [0.05, 0.1) is 0 Å². The smallest absolute Gasteiger partial charge is 0.0302 e. The molecule has 1 rings (SSSR count). The molecule has 1 atom stereocenters. The molecule has 0 aliphatic carbocycles. The number of nitrogens with two attached hydrogens (primary N) is 1. The first-order valence-electron chi connectivity index (χ1n) is 6.14. The van der Waals surface area contributed by atoms with Gasteiger partial charge < -0.3 is 0 Å². The molecule has 0 spiro atoms. The fraction of sp³-hybridized carbons (Fsp3) is 0.571. The van der Waals surface area contributed by atoms with E-state index < -0.39 is 0 Å². The van der Waals surface area contributed by atoms with Crippen LogP contribution in [-0.4, -0.2) is 6.04 Å². The van der Waals surface area contributed by atoms with Crippen molar-refractivity contribution < 1.29 is 0 Å². The molecule has 0 saturated heterocycles. The van der Waals surface area contributed by atoms with E-state index in [1.165, 1.54) is 18.4 Å². The molecular formula is C14H24N2. The molecule has 0 amide bonds. The van der Waals surface area contributed by atoms with Crippen molar-refractivity contribution in [3.05, 3.63) is 35.9 Å². The molecule has 3 N–H and O–H groups in total. The molecule has 0 heterocycles. The van der Waals surface area contributed by atoms with Gasteiger partial charge in [0.15, 0.2) is 0 Å². The first-order chi connectivity index (χ1) is 7.62. The highest BCUT2D eigenvalue weighted by molar-refractivity contribution is 5.25. The average Bonchev–Trinajstić information content (AvgIpc) is 2.31. The van der Waals surface area contributed by atoms with Crippen molar-refractivity contribution >= 4 is 0 Å². The van der Waals surface area contributed by atoms with E-state index in [-0.39, 0.29) is 5.41 Å². The van der Waals surface area contributed by atoms with Crippen LogP contribution in [0.4, 0.5) is 0 Å². The maximum Gasteiger partial charge on any atom is 0.0302 e. The lowest BCUT2D eigenvalue weighted by Crippen LogP contribution is -2.48. The Balaban J connectivity index is 2.81. The van der Waals surface area contributed by atoms with Gasteiger partial charge in [-0.05, 0) is 12.0 Å². The van der Waals surface area contributed by atoms with E-state index in [2.05, 4.69) is 56.5 Å². The summed E-state index contributed by atoms with van der Waals surface area (Å²) in [5.41, 5.74) is 4.39. The average molecular weight is 220 g/mol. The molecule has 0 aliphatic rings. The van der Waals surface area contributed by atoms with E-state index >= 15 is 0 Å². The molecular weight excluding hydrogens is 196 g/mol. The van der Waals surface area contributed by atoms with Crippen molar-refractivity contribution in [2.45, 2.75) is 51.5 Å². The van der Waals surface area contributed by atoms with Gasteiger partial charge in [-0.1, -0.05) is 63.9 Å². The lowest BCUT2D eigenvalue weighted by molar-refractivity contribution is 0.319. The summed E-state index contributed by atoms with van der Waals surface area (Å²) in [5.74, 6) is 5.69. The van der Waals surface area contributed by atoms with E-state index in [1.54, 1.807) is 0 Å². The van der Waals surface area contributed by atoms with Gasteiger partial charge in [-0.25, -0.2) is 0 Å².